The van der Waals surface area contributed by atoms with Gasteiger partial charge in [-0.05, 0) is 36.8 Å². The predicted molar refractivity (Wildman–Crippen MR) is 74.7 cm³/mol. The van der Waals surface area contributed by atoms with Crippen molar-refractivity contribution in [3.05, 3.63) is 59.4 Å². The Bertz CT molecular complexity index is 625. The van der Waals surface area contributed by atoms with Crippen LogP contribution in [0.5, 0.6) is 0 Å². The van der Waals surface area contributed by atoms with Crippen LogP contribution >= 0.6 is 0 Å². The van der Waals surface area contributed by atoms with Gasteiger partial charge in [-0.2, -0.15) is 0 Å². The second kappa shape index (κ2) is 5.10. The molecule has 0 aliphatic rings. The van der Waals surface area contributed by atoms with Gasteiger partial charge in [-0.25, -0.2) is 4.39 Å². The van der Waals surface area contributed by atoms with Crippen molar-refractivity contribution >= 4 is 17.3 Å². The lowest BCUT2D eigenvalue weighted by molar-refractivity contribution is 0.0992. The number of amides is 1. The van der Waals surface area contributed by atoms with Crippen molar-refractivity contribution in [3.8, 4) is 0 Å². The van der Waals surface area contributed by atoms with Crippen molar-refractivity contribution in [2.24, 2.45) is 0 Å². The Hall–Kier alpha value is -2.36. The molecule has 0 saturated heterocycles. The fraction of sp³-hybridized carbons (Fsp3) is 0.133. The number of halogens is 1. The number of hydrogen-bond donors (Lipinski definition) is 1. The van der Waals surface area contributed by atoms with Crippen LogP contribution in [0.2, 0.25) is 0 Å². The van der Waals surface area contributed by atoms with Crippen LogP contribution < -0.4 is 10.6 Å². The minimum atomic E-state index is -0.580. The maximum Gasteiger partial charge on any atom is 0.258 e. The lowest BCUT2D eigenvalue weighted by atomic mass is 10.1. The third-order valence-electron chi connectivity index (χ3n) is 3.03. The molecule has 0 atom stereocenters. The van der Waals surface area contributed by atoms with Crippen molar-refractivity contribution in [1.29, 1.82) is 0 Å². The summed E-state index contributed by atoms with van der Waals surface area (Å²) in [6.45, 7) is 1.92. The monoisotopic (exact) mass is 258 g/mol. The molecule has 0 fully saturated rings. The standard InChI is InChI=1S/C15H15FN2O/c1-10-5-3-4-6-14(10)18(2)15(19)11-7-8-13(17)12(16)9-11/h3-9H,17H2,1-2H3. The Balaban J connectivity index is 2.34. The molecule has 98 valence electrons. The fourth-order valence-corrected chi connectivity index (χ4v) is 1.90. The molecular weight excluding hydrogens is 243 g/mol. The summed E-state index contributed by atoms with van der Waals surface area (Å²) in [6, 6.07) is 11.6. The molecule has 0 unspecified atom stereocenters. The van der Waals surface area contributed by atoms with Crippen molar-refractivity contribution in [3.63, 3.8) is 0 Å². The fourth-order valence-electron chi connectivity index (χ4n) is 1.90. The largest absolute Gasteiger partial charge is 0.396 e. The summed E-state index contributed by atoms with van der Waals surface area (Å²) in [4.78, 5) is 13.8. The van der Waals surface area contributed by atoms with Crippen LogP contribution in [-0.2, 0) is 0 Å². The highest BCUT2D eigenvalue weighted by atomic mass is 19.1. The second-order valence-electron chi connectivity index (χ2n) is 4.39. The van der Waals surface area contributed by atoms with Gasteiger partial charge in [-0.15, -0.1) is 0 Å². The van der Waals surface area contributed by atoms with E-state index in [0.717, 1.165) is 17.3 Å². The van der Waals surface area contributed by atoms with Gasteiger partial charge in [0.1, 0.15) is 5.82 Å². The number of benzene rings is 2. The van der Waals surface area contributed by atoms with Crippen LogP contribution in [0.4, 0.5) is 15.8 Å². The second-order valence-corrected chi connectivity index (χ2v) is 4.39. The zero-order valence-electron chi connectivity index (χ0n) is 10.9. The molecule has 0 aliphatic heterocycles. The summed E-state index contributed by atoms with van der Waals surface area (Å²) in [5, 5.41) is 0. The van der Waals surface area contributed by atoms with E-state index in [1.54, 1.807) is 7.05 Å². The van der Waals surface area contributed by atoms with E-state index >= 15 is 0 Å². The Kier molecular flexibility index (Phi) is 3.51. The third kappa shape index (κ3) is 2.57. The normalized spacial score (nSPS) is 10.3. The average Bonchev–Trinajstić information content (AvgIpc) is 2.41. The Morgan fingerprint density at radius 1 is 1.21 bits per heavy atom. The van der Waals surface area contributed by atoms with E-state index in [1.165, 1.54) is 17.0 Å². The molecule has 0 radical (unpaired) electrons. The molecule has 3 nitrogen and oxygen atoms in total. The Labute approximate surface area is 111 Å². The van der Waals surface area contributed by atoms with Crippen molar-refractivity contribution in [1.82, 2.24) is 0 Å². The molecule has 0 saturated carbocycles. The van der Waals surface area contributed by atoms with Crippen LogP contribution in [0, 0.1) is 12.7 Å². The van der Waals surface area contributed by atoms with Gasteiger partial charge in [0.15, 0.2) is 0 Å². The van der Waals surface area contributed by atoms with E-state index in [2.05, 4.69) is 0 Å². The first-order chi connectivity index (χ1) is 9.00. The van der Waals surface area contributed by atoms with Crippen LogP contribution in [0.15, 0.2) is 42.5 Å². The number of para-hydroxylation sites is 1. The molecule has 0 bridgehead atoms. The summed E-state index contributed by atoms with van der Waals surface area (Å²) < 4.78 is 13.4. The molecule has 0 heterocycles. The number of aryl methyl sites for hydroxylation is 1. The van der Waals surface area contributed by atoms with E-state index in [-0.39, 0.29) is 17.2 Å². The maximum atomic E-state index is 13.4. The van der Waals surface area contributed by atoms with Gasteiger partial charge in [-0.3, -0.25) is 4.79 Å². The number of carbonyl (C=O) groups is 1. The van der Waals surface area contributed by atoms with Crippen LogP contribution in [0.25, 0.3) is 0 Å². The number of anilines is 2. The first-order valence-electron chi connectivity index (χ1n) is 5.89. The summed E-state index contributed by atoms with van der Waals surface area (Å²) in [7, 11) is 1.67. The zero-order chi connectivity index (χ0) is 14.0. The lowest BCUT2D eigenvalue weighted by Gasteiger charge is -2.19. The third-order valence-corrected chi connectivity index (χ3v) is 3.03. The molecule has 4 heteroatoms. The van der Waals surface area contributed by atoms with Gasteiger partial charge >= 0.3 is 0 Å². The Morgan fingerprint density at radius 2 is 1.89 bits per heavy atom. The van der Waals surface area contributed by atoms with Crippen LogP contribution in [0.1, 0.15) is 15.9 Å². The van der Waals surface area contributed by atoms with Crippen molar-refractivity contribution < 1.29 is 9.18 Å². The molecular formula is C15H15FN2O. The molecule has 2 rings (SSSR count). The van der Waals surface area contributed by atoms with E-state index < -0.39 is 5.82 Å². The van der Waals surface area contributed by atoms with E-state index in [9.17, 15) is 9.18 Å². The quantitative estimate of drug-likeness (QED) is 0.842. The Morgan fingerprint density at radius 3 is 2.53 bits per heavy atom. The van der Waals surface area contributed by atoms with Crippen molar-refractivity contribution in [2.75, 3.05) is 17.7 Å². The summed E-state index contributed by atoms with van der Waals surface area (Å²) >= 11 is 0. The molecule has 1 amide bonds. The number of rotatable bonds is 2. The van der Waals surface area contributed by atoms with E-state index in [1.807, 2.05) is 31.2 Å². The van der Waals surface area contributed by atoms with Crippen molar-refractivity contribution in [2.45, 2.75) is 6.92 Å². The lowest BCUT2D eigenvalue weighted by Crippen LogP contribution is -2.27. The number of nitrogens with zero attached hydrogens (tertiary/aromatic N) is 1. The highest BCUT2D eigenvalue weighted by Crippen LogP contribution is 2.21. The molecule has 0 aromatic heterocycles. The van der Waals surface area contributed by atoms with Crippen LogP contribution in [-0.4, -0.2) is 13.0 Å². The topological polar surface area (TPSA) is 46.3 Å². The van der Waals surface area contributed by atoms with E-state index in [0.29, 0.717) is 0 Å². The highest BCUT2D eigenvalue weighted by Gasteiger charge is 2.16. The first kappa shape index (κ1) is 13.1. The SMILES string of the molecule is Cc1ccccc1N(C)C(=O)c1ccc(N)c(F)c1. The summed E-state index contributed by atoms with van der Waals surface area (Å²) in [5.74, 6) is -0.850. The van der Waals surface area contributed by atoms with Gasteiger partial charge in [0.25, 0.3) is 5.91 Å². The molecule has 2 aromatic carbocycles. The van der Waals surface area contributed by atoms with Gasteiger partial charge in [-0.1, -0.05) is 18.2 Å². The van der Waals surface area contributed by atoms with Gasteiger partial charge < -0.3 is 10.6 Å². The molecule has 19 heavy (non-hydrogen) atoms. The summed E-state index contributed by atoms with van der Waals surface area (Å²) in [6.07, 6.45) is 0. The molecule has 2 aromatic rings. The molecule has 0 spiro atoms. The molecule has 2 N–H and O–H groups in total. The smallest absolute Gasteiger partial charge is 0.258 e. The first-order valence-corrected chi connectivity index (χ1v) is 5.89. The average molecular weight is 258 g/mol. The number of carbonyl (C=O) groups excluding carboxylic acids is 1. The van der Waals surface area contributed by atoms with Gasteiger partial charge in [0, 0.05) is 18.3 Å². The number of nitrogens with two attached hydrogens (primary N) is 1. The minimum absolute atomic E-state index is 0.0371. The molecule has 0 aliphatic carbocycles. The predicted octanol–water partition coefficient (Wildman–Crippen LogP) is 2.99. The highest BCUT2D eigenvalue weighted by molar-refractivity contribution is 6.06. The minimum Gasteiger partial charge on any atom is -0.396 e. The zero-order valence-corrected chi connectivity index (χ0v) is 10.9. The van der Waals surface area contributed by atoms with Crippen LogP contribution in [0.3, 0.4) is 0 Å². The number of nitrogen functional groups attached to an aromatic ring is 1. The van der Waals surface area contributed by atoms with E-state index in [4.69, 9.17) is 5.73 Å². The maximum absolute atomic E-state index is 13.4. The van der Waals surface area contributed by atoms with Gasteiger partial charge in [0.05, 0.1) is 5.69 Å². The number of hydrogen-bond acceptors (Lipinski definition) is 2. The van der Waals surface area contributed by atoms with Gasteiger partial charge in [0.2, 0.25) is 0 Å². The summed E-state index contributed by atoms with van der Waals surface area (Å²) in [5.41, 5.74) is 7.49.